The van der Waals surface area contributed by atoms with Crippen molar-refractivity contribution in [2.75, 3.05) is 13.7 Å². The van der Waals surface area contributed by atoms with E-state index in [9.17, 15) is 14.0 Å². The smallest absolute Gasteiger partial charge is 0.250 e. The lowest BCUT2D eigenvalue weighted by Gasteiger charge is -2.16. The van der Waals surface area contributed by atoms with Crippen LogP contribution in [0.25, 0.3) is 11.1 Å². The largest absolute Gasteiger partial charge is 0.497 e. The molecule has 0 spiro atoms. The second-order valence-corrected chi connectivity index (χ2v) is 7.66. The molecule has 0 fully saturated rings. The number of aliphatic imine (C=N–C) groups is 1. The lowest BCUT2D eigenvalue weighted by molar-refractivity contribution is -0.121. The third-order valence-corrected chi connectivity index (χ3v) is 5.55. The number of aryl methyl sites for hydroxylation is 1. The van der Waals surface area contributed by atoms with Crippen LogP contribution in [-0.2, 0) is 11.8 Å². The Bertz CT molecular complexity index is 1260. The average molecular weight is 433 g/mol. The second-order valence-electron chi connectivity index (χ2n) is 7.66. The van der Waals surface area contributed by atoms with E-state index in [2.05, 4.69) is 5.32 Å². The van der Waals surface area contributed by atoms with E-state index in [0.717, 1.165) is 16.7 Å². The van der Waals surface area contributed by atoms with Gasteiger partial charge in [0.25, 0.3) is 5.56 Å². The van der Waals surface area contributed by atoms with E-state index in [-0.39, 0.29) is 23.7 Å². The summed E-state index contributed by atoms with van der Waals surface area (Å²) in [6.07, 6.45) is 1.86. The minimum atomic E-state index is -0.580. The quantitative estimate of drug-likeness (QED) is 0.668. The van der Waals surface area contributed by atoms with Crippen molar-refractivity contribution >= 4 is 11.6 Å². The zero-order valence-corrected chi connectivity index (χ0v) is 18.2. The van der Waals surface area contributed by atoms with Gasteiger partial charge < -0.3 is 14.6 Å². The van der Waals surface area contributed by atoms with Crippen LogP contribution in [0.1, 0.15) is 36.1 Å². The minimum absolute atomic E-state index is 0.0871. The van der Waals surface area contributed by atoms with Crippen molar-refractivity contribution < 1.29 is 13.9 Å². The molecule has 32 heavy (non-hydrogen) atoms. The lowest BCUT2D eigenvalue weighted by atomic mass is 9.91. The first kappa shape index (κ1) is 21.5. The predicted octanol–water partition coefficient (Wildman–Crippen LogP) is 3.62. The van der Waals surface area contributed by atoms with Gasteiger partial charge in [-0.05, 0) is 60.5 Å². The first-order chi connectivity index (χ1) is 15.4. The molecule has 1 aliphatic heterocycles. The Hall–Kier alpha value is -3.74. The molecule has 1 aromatic heterocycles. The Balaban J connectivity index is 2.02. The Kier molecular flexibility index (Phi) is 5.90. The van der Waals surface area contributed by atoms with E-state index in [1.807, 2.05) is 25.1 Å². The van der Waals surface area contributed by atoms with Crippen LogP contribution >= 0.6 is 0 Å². The number of hydrogen-bond donors (Lipinski definition) is 1. The van der Waals surface area contributed by atoms with Gasteiger partial charge in [-0.1, -0.05) is 0 Å². The molecule has 2 aromatic carbocycles. The van der Waals surface area contributed by atoms with Crippen LogP contribution in [0.4, 0.5) is 4.39 Å². The first-order valence-electron chi connectivity index (χ1n) is 10.4. The molecule has 1 N–H and O–H groups in total. The van der Waals surface area contributed by atoms with Gasteiger partial charge >= 0.3 is 0 Å². The predicted molar refractivity (Wildman–Crippen MR) is 122 cm³/mol. The van der Waals surface area contributed by atoms with Crippen molar-refractivity contribution in [2.24, 2.45) is 12.0 Å². The summed E-state index contributed by atoms with van der Waals surface area (Å²) >= 11 is 0. The Morgan fingerprint density at radius 1 is 1.12 bits per heavy atom. The van der Waals surface area contributed by atoms with Crippen molar-refractivity contribution in [3.05, 3.63) is 87.6 Å². The maximum Gasteiger partial charge on any atom is 0.250 e. The molecule has 0 bridgehead atoms. The number of pyridine rings is 1. The average Bonchev–Trinajstić information content (AvgIpc) is 2.90. The van der Waals surface area contributed by atoms with Gasteiger partial charge in [-0.2, -0.15) is 0 Å². The number of hydrogen-bond acceptors (Lipinski definition) is 4. The van der Waals surface area contributed by atoms with Crippen molar-refractivity contribution in [1.29, 1.82) is 0 Å². The number of benzene rings is 2. The van der Waals surface area contributed by atoms with Crippen LogP contribution < -0.4 is 15.6 Å². The normalized spacial score (nSPS) is 14.6. The highest BCUT2D eigenvalue weighted by Gasteiger charge is 2.27. The molecule has 2 heterocycles. The van der Waals surface area contributed by atoms with E-state index in [1.165, 1.54) is 16.7 Å². The number of nitrogens with one attached hydrogen (secondary N) is 1. The summed E-state index contributed by atoms with van der Waals surface area (Å²) < 4.78 is 20.6. The summed E-state index contributed by atoms with van der Waals surface area (Å²) in [5.41, 5.74) is 4.29. The van der Waals surface area contributed by atoms with Crippen molar-refractivity contribution in [3.63, 3.8) is 0 Å². The molecule has 1 aliphatic rings. The highest BCUT2D eigenvalue weighted by molar-refractivity contribution is 6.17. The molecule has 0 saturated heterocycles. The number of carbonyl (C=O) groups excluding carboxylic acids is 1. The number of fused-ring (bicyclic) bond motifs is 3. The molecule has 0 aliphatic carbocycles. The molecule has 164 valence electrons. The number of amides is 1. The van der Waals surface area contributed by atoms with Gasteiger partial charge in [-0.25, -0.2) is 4.39 Å². The number of nitrogens with zero attached hydrogens (tertiary/aromatic N) is 2. The summed E-state index contributed by atoms with van der Waals surface area (Å²) in [7, 11) is 3.28. The Labute approximate surface area is 185 Å². The van der Waals surface area contributed by atoms with Crippen LogP contribution in [0.5, 0.6) is 5.75 Å². The number of aromatic nitrogens is 1. The number of ether oxygens (including phenoxy) is 1. The maximum absolute atomic E-state index is 13.6. The molecule has 1 amide bonds. The molecule has 1 atom stereocenters. The SMILES string of the molecule is CCNC(=O)C[C@@H]1N=C(c2ccc(F)cc2)c2cc(OC)ccc2-c2cn(C)c(=O)cc21. The van der Waals surface area contributed by atoms with E-state index < -0.39 is 6.04 Å². The van der Waals surface area contributed by atoms with Gasteiger partial charge in [0.2, 0.25) is 5.91 Å². The molecule has 4 rings (SSSR count). The van der Waals surface area contributed by atoms with Crippen LogP contribution in [0, 0.1) is 5.82 Å². The fourth-order valence-electron chi connectivity index (χ4n) is 3.96. The molecule has 0 radical (unpaired) electrons. The fourth-order valence-corrected chi connectivity index (χ4v) is 3.96. The fraction of sp³-hybridized carbons (Fsp3) is 0.240. The zero-order chi connectivity index (χ0) is 22.8. The van der Waals surface area contributed by atoms with Gasteiger partial charge in [0.05, 0.1) is 25.3 Å². The summed E-state index contributed by atoms with van der Waals surface area (Å²) in [6, 6.07) is 12.7. The Morgan fingerprint density at radius 3 is 2.56 bits per heavy atom. The number of halogens is 1. The second kappa shape index (κ2) is 8.78. The van der Waals surface area contributed by atoms with Crippen molar-refractivity contribution in [1.82, 2.24) is 9.88 Å². The van der Waals surface area contributed by atoms with E-state index in [1.54, 1.807) is 38.6 Å². The van der Waals surface area contributed by atoms with Crippen LogP contribution in [0.3, 0.4) is 0 Å². The van der Waals surface area contributed by atoms with E-state index >= 15 is 0 Å². The van der Waals surface area contributed by atoms with E-state index in [0.29, 0.717) is 29.1 Å². The number of methoxy groups -OCH3 is 1. The van der Waals surface area contributed by atoms with Crippen molar-refractivity contribution in [2.45, 2.75) is 19.4 Å². The monoisotopic (exact) mass is 433 g/mol. The Morgan fingerprint density at radius 2 is 1.88 bits per heavy atom. The maximum atomic E-state index is 13.6. The summed E-state index contributed by atoms with van der Waals surface area (Å²) in [4.78, 5) is 30.0. The van der Waals surface area contributed by atoms with Gasteiger partial charge in [-0.3, -0.25) is 14.6 Å². The summed E-state index contributed by atoms with van der Waals surface area (Å²) in [5, 5.41) is 2.81. The van der Waals surface area contributed by atoms with Gasteiger partial charge in [0, 0.05) is 42.5 Å². The zero-order valence-electron chi connectivity index (χ0n) is 18.2. The lowest BCUT2D eigenvalue weighted by Crippen LogP contribution is -2.25. The van der Waals surface area contributed by atoms with Crippen molar-refractivity contribution in [3.8, 4) is 16.9 Å². The number of rotatable bonds is 5. The van der Waals surface area contributed by atoms with Gasteiger partial charge in [-0.15, -0.1) is 0 Å². The topological polar surface area (TPSA) is 72.7 Å². The first-order valence-corrected chi connectivity index (χ1v) is 10.4. The summed E-state index contributed by atoms with van der Waals surface area (Å²) in [6.45, 7) is 2.35. The third-order valence-electron chi connectivity index (χ3n) is 5.55. The standard InChI is InChI=1S/C25H24FN3O3/c1-4-27-23(30)13-22-19-12-24(31)29(2)14-21(19)18-10-9-17(32-3)11-20(18)25(28-22)15-5-7-16(26)8-6-15/h5-12,14,22H,4,13H2,1-3H3,(H,27,30)/t22-/m0/s1. The molecular weight excluding hydrogens is 409 g/mol. The van der Waals surface area contributed by atoms with Gasteiger partial charge in [0.15, 0.2) is 0 Å². The molecule has 7 heteroatoms. The third kappa shape index (κ3) is 4.06. The van der Waals surface area contributed by atoms with Gasteiger partial charge in [0.1, 0.15) is 11.6 Å². The van der Waals surface area contributed by atoms with Crippen LogP contribution in [0.15, 0.2) is 64.5 Å². The molecule has 0 saturated carbocycles. The minimum Gasteiger partial charge on any atom is -0.497 e. The van der Waals surface area contributed by atoms with Crippen LogP contribution in [-0.4, -0.2) is 29.8 Å². The number of carbonyl (C=O) groups is 1. The highest BCUT2D eigenvalue weighted by Crippen LogP contribution is 2.39. The molecule has 6 nitrogen and oxygen atoms in total. The van der Waals surface area contributed by atoms with Crippen LogP contribution in [0.2, 0.25) is 0 Å². The van der Waals surface area contributed by atoms with E-state index in [4.69, 9.17) is 9.73 Å². The molecule has 3 aromatic rings. The highest BCUT2D eigenvalue weighted by atomic mass is 19.1. The molecular formula is C25H24FN3O3. The summed E-state index contributed by atoms with van der Waals surface area (Å²) in [5.74, 6) is 0.140. The molecule has 0 unspecified atom stereocenters.